The topological polar surface area (TPSA) is 71.3 Å². The van der Waals surface area contributed by atoms with E-state index in [9.17, 15) is 9.59 Å². The van der Waals surface area contributed by atoms with Gasteiger partial charge >= 0.3 is 0 Å². The van der Waals surface area contributed by atoms with E-state index in [1.807, 2.05) is 0 Å². The van der Waals surface area contributed by atoms with Gasteiger partial charge in [0.1, 0.15) is 6.04 Å². The number of amides is 2. The van der Waals surface area contributed by atoms with Gasteiger partial charge in [-0.1, -0.05) is 0 Å². The van der Waals surface area contributed by atoms with Crippen LogP contribution in [0, 0.1) is 23.2 Å². The highest BCUT2D eigenvalue weighted by Crippen LogP contribution is 2.59. The van der Waals surface area contributed by atoms with Crippen molar-refractivity contribution in [1.82, 2.24) is 10.6 Å². The van der Waals surface area contributed by atoms with Crippen LogP contribution in [0.25, 0.3) is 0 Å². The average Bonchev–Trinajstić information content (AvgIpc) is 3.05. The zero-order valence-electron chi connectivity index (χ0n) is 14.2. The molecule has 24 heavy (non-hydrogen) atoms. The molecule has 0 radical (unpaired) electrons. The normalized spacial score (nSPS) is 34.8. The Bertz CT molecular complexity index is 587. The van der Waals surface area contributed by atoms with Crippen LogP contribution in [0.3, 0.4) is 0 Å². The number of furan rings is 1. The van der Waals surface area contributed by atoms with E-state index in [-0.39, 0.29) is 17.6 Å². The molecule has 1 heterocycles. The fraction of sp³-hybridized carbons (Fsp3) is 0.684. The standard InChI is InChI=1S/C19H26N2O3/c1-12(21-18(23)16-3-2-4-24-16)17(22)20-11-19-8-13-5-14(9-19)7-15(6-13)10-19/h2-4,12-15H,5-11H2,1H3,(H,20,22)(H,21,23). The van der Waals surface area contributed by atoms with Crippen LogP contribution in [0.15, 0.2) is 22.8 Å². The maximum absolute atomic E-state index is 12.4. The van der Waals surface area contributed by atoms with E-state index in [4.69, 9.17) is 4.42 Å². The molecule has 1 aromatic heterocycles. The summed E-state index contributed by atoms with van der Waals surface area (Å²) < 4.78 is 5.06. The molecule has 1 unspecified atom stereocenters. The Labute approximate surface area is 142 Å². The summed E-state index contributed by atoms with van der Waals surface area (Å²) in [4.78, 5) is 24.3. The molecule has 1 atom stereocenters. The first kappa shape index (κ1) is 15.7. The fourth-order valence-corrected chi connectivity index (χ4v) is 5.68. The molecule has 4 saturated carbocycles. The molecule has 5 rings (SSSR count). The summed E-state index contributed by atoms with van der Waals surface area (Å²) in [6.45, 7) is 2.48. The Balaban J connectivity index is 1.31. The number of carbonyl (C=O) groups is 2. The van der Waals surface area contributed by atoms with Gasteiger partial charge in [0, 0.05) is 6.54 Å². The first-order valence-corrected chi connectivity index (χ1v) is 9.15. The number of rotatable bonds is 5. The Morgan fingerprint density at radius 1 is 1.21 bits per heavy atom. The summed E-state index contributed by atoms with van der Waals surface area (Å²) >= 11 is 0. The van der Waals surface area contributed by atoms with Gasteiger partial charge in [0.15, 0.2) is 5.76 Å². The summed E-state index contributed by atoms with van der Waals surface area (Å²) in [6.07, 6.45) is 9.48. The lowest BCUT2D eigenvalue weighted by Gasteiger charge is -2.57. The second kappa shape index (κ2) is 5.94. The Morgan fingerprint density at radius 2 is 1.83 bits per heavy atom. The molecular weight excluding hydrogens is 304 g/mol. The number of carbonyl (C=O) groups excluding carboxylic acids is 2. The smallest absolute Gasteiger partial charge is 0.287 e. The predicted molar refractivity (Wildman–Crippen MR) is 89.3 cm³/mol. The molecule has 5 heteroatoms. The molecule has 1 aromatic rings. The lowest BCUT2D eigenvalue weighted by atomic mass is 9.49. The van der Waals surface area contributed by atoms with Crippen molar-refractivity contribution in [3.05, 3.63) is 24.2 Å². The fourth-order valence-electron chi connectivity index (χ4n) is 5.68. The second-order valence-electron chi connectivity index (χ2n) is 8.31. The minimum atomic E-state index is -0.559. The minimum Gasteiger partial charge on any atom is -0.459 e. The zero-order chi connectivity index (χ0) is 16.7. The van der Waals surface area contributed by atoms with Gasteiger partial charge in [0.2, 0.25) is 5.91 Å². The molecule has 0 aliphatic heterocycles. The summed E-state index contributed by atoms with van der Waals surface area (Å²) in [5.41, 5.74) is 0.315. The van der Waals surface area contributed by atoms with Gasteiger partial charge in [0.25, 0.3) is 5.91 Å². The maximum atomic E-state index is 12.4. The van der Waals surface area contributed by atoms with Gasteiger partial charge in [-0.15, -0.1) is 0 Å². The molecular formula is C19H26N2O3. The monoisotopic (exact) mass is 330 g/mol. The van der Waals surface area contributed by atoms with E-state index < -0.39 is 6.04 Å². The second-order valence-corrected chi connectivity index (χ2v) is 8.31. The van der Waals surface area contributed by atoms with E-state index in [1.165, 1.54) is 44.8 Å². The summed E-state index contributed by atoms with van der Waals surface area (Å²) in [5.74, 6) is 2.41. The lowest BCUT2D eigenvalue weighted by molar-refractivity contribution is -0.124. The Hall–Kier alpha value is -1.78. The molecule has 2 N–H and O–H groups in total. The molecule has 4 bridgehead atoms. The van der Waals surface area contributed by atoms with Crippen LogP contribution in [0.1, 0.15) is 56.0 Å². The number of hydrogen-bond acceptors (Lipinski definition) is 3. The van der Waals surface area contributed by atoms with E-state index in [2.05, 4.69) is 10.6 Å². The van der Waals surface area contributed by atoms with Crippen LogP contribution in [-0.4, -0.2) is 24.4 Å². The highest BCUT2D eigenvalue weighted by Gasteiger charge is 2.50. The van der Waals surface area contributed by atoms with Crippen LogP contribution in [0.4, 0.5) is 0 Å². The van der Waals surface area contributed by atoms with Crippen molar-refractivity contribution >= 4 is 11.8 Å². The van der Waals surface area contributed by atoms with Crippen molar-refractivity contribution in [2.45, 2.75) is 51.5 Å². The van der Waals surface area contributed by atoms with Crippen LogP contribution < -0.4 is 10.6 Å². The molecule has 0 saturated heterocycles. The minimum absolute atomic E-state index is 0.106. The summed E-state index contributed by atoms with van der Waals surface area (Å²) in [6, 6.07) is 2.69. The van der Waals surface area contributed by atoms with Crippen LogP contribution >= 0.6 is 0 Å². The lowest BCUT2D eigenvalue weighted by Crippen LogP contribution is -2.53. The van der Waals surface area contributed by atoms with Crippen molar-refractivity contribution in [3.63, 3.8) is 0 Å². The van der Waals surface area contributed by atoms with E-state index in [0.717, 1.165) is 24.3 Å². The van der Waals surface area contributed by atoms with Crippen molar-refractivity contribution in [3.8, 4) is 0 Å². The molecule has 2 amide bonds. The van der Waals surface area contributed by atoms with Crippen molar-refractivity contribution in [1.29, 1.82) is 0 Å². The third-order valence-electron chi connectivity index (χ3n) is 6.29. The van der Waals surface area contributed by atoms with Crippen LogP contribution in [-0.2, 0) is 4.79 Å². The van der Waals surface area contributed by atoms with Crippen molar-refractivity contribution in [2.24, 2.45) is 23.2 Å². The third-order valence-corrected chi connectivity index (χ3v) is 6.29. The summed E-state index contributed by atoms with van der Waals surface area (Å²) in [7, 11) is 0. The maximum Gasteiger partial charge on any atom is 0.287 e. The summed E-state index contributed by atoms with van der Waals surface area (Å²) in [5, 5.41) is 5.80. The zero-order valence-corrected chi connectivity index (χ0v) is 14.2. The van der Waals surface area contributed by atoms with E-state index in [0.29, 0.717) is 5.41 Å². The predicted octanol–water partition coefficient (Wildman–Crippen LogP) is 2.73. The largest absolute Gasteiger partial charge is 0.459 e. The Morgan fingerprint density at radius 3 is 2.38 bits per heavy atom. The molecule has 0 spiro atoms. The molecule has 5 nitrogen and oxygen atoms in total. The molecule has 130 valence electrons. The number of nitrogens with one attached hydrogen (secondary N) is 2. The average molecular weight is 330 g/mol. The highest BCUT2D eigenvalue weighted by atomic mass is 16.3. The van der Waals surface area contributed by atoms with Gasteiger partial charge in [0.05, 0.1) is 6.26 Å². The molecule has 4 aliphatic rings. The van der Waals surface area contributed by atoms with E-state index >= 15 is 0 Å². The SMILES string of the molecule is CC(NC(=O)c1ccco1)C(=O)NCC12CC3CC(CC(C3)C1)C2. The molecule has 4 aliphatic carbocycles. The van der Waals surface area contributed by atoms with Crippen molar-refractivity contribution < 1.29 is 14.0 Å². The van der Waals surface area contributed by atoms with E-state index in [1.54, 1.807) is 19.1 Å². The quantitative estimate of drug-likeness (QED) is 0.872. The first-order valence-electron chi connectivity index (χ1n) is 9.15. The molecule has 4 fully saturated rings. The van der Waals surface area contributed by atoms with Crippen LogP contribution in [0.2, 0.25) is 0 Å². The third kappa shape index (κ3) is 2.96. The van der Waals surface area contributed by atoms with Crippen molar-refractivity contribution in [2.75, 3.05) is 6.54 Å². The van der Waals surface area contributed by atoms with Crippen LogP contribution in [0.5, 0.6) is 0 Å². The first-order chi connectivity index (χ1) is 11.5. The number of hydrogen-bond donors (Lipinski definition) is 2. The van der Waals surface area contributed by atoms with Gasteiger partial charge in [-0.3, -0.25) is 9.59 Å². The molecule has 0 aromatic carbocycles. The van der Waals surface area contributed by atoms with Gasteiger partial charge < -0.3 is 15.1 Å². The van der Waals surface area contributed by atoms with Gasteiger partial charge in [-0.25, -0.2) is 0 Å². The van der Waals surface area contributed by atoms with Gasteiger partial charge in [-0.2, -0.15) is 0 Å². The van der Waals surface area contributed by atoms with Gasteiger partial charge in [-0.05, 0) is 80.8 Å². The highest BCUT2D eigenvalue weighted by molar-refractivity contribution is 5.95. The Kier molecular flexibility index (Phi) is 3.89.